The van der Waals surface area contributed by atoms with Crippen LogP contribution in [0.25, 0.3) is 0 Å². The number of hydrogen-bond donors (Lipinski definition) is 1. The molecule has 0 radical (unpaired) electrons. The van der Waals surface area contributed by atoms with E-state index in [1.807, 2.05) is 29.2 Å². The van der Waals surface area contributed by atoms with E-state index in [0.29, 0.717) is 6.54 Å². The van der Waals surface area contributed by atoms with Crippen LogP contribution in [0.5, 0.6) is 0 Å². The molecule has 1 saturated heterocycles. The molecule has 112 valence electrons. The van der Waals surface area contributed by atoms with Gasteiger partial charge in [0.05, 0.1) is 24.5 Å². The van der Waals surface area contributed by atoms with E-state index >= 15 is 0 Å². The summed E-state index contributed by atoms with van der Waals surface area (Å²) in [4.78, 5) is 18.6. The highest BCUT2D eigenvalue weighted by molar-refractivity contribution is 7.99. The van der Waals surface area contributed by atoms with Gasteiger partial charge < -0.3 is 4.90 Å². The van der Waals surface area contributed by atoms with E-state index < -0.39 is 0 Å². The molecular formula is C18H19N2OS+. The van der Waals surface area contributed by atoms with Gasteiger partial charge in [0, 0.05) is 22.6 Å². The van der Waals surface area contributed by atoms with Gasteiger partial charge in [0.2, 0.25) is 0 Å². The molecule has 2 aromatic carbocycles. The zero-order valence-corrected chi connectivity index (χ0v) is 13.2. The number of anilines is 2. The number of quaternary nitrogens is 1. The van der Waals surface area contributed by atoms with Crippen LogP contribution >= 0.6 is 11.8 Å². The summed E-state index contributed by atoms with van der Waals surface area (Å²) in [5.74, 6) is 0.206. The summed E-state index contributed by atoms with van der Waals surface area (Å²) in [6.07, 6.45) is 2.48. The van der Waals surface area contributed by atoms with Crippen molar-refractivity contribution in [1.29, 1.82) is 0 Å². The van der Waals surface area contributed by atoms with Crippen molar-refractivity contribution in [3.05, 3.63) is 48.5 Å². The number of likely N-dealkylation sites (tertiary alicyclic amines) is 1. The second-order valence-electron chi connectivity index (χ2n) is 5.90. The third kappa shape index (κ3) is 2.42. The zero-order chi connectivity index (χ0) is 14.9. The molecule has 2 aliphatic rings. The Morgan fingerprint density at radius 2 is 1.50 bits per heavy atom. The van der Waals surface area contributed by atoms with Crippen LogP contribution in [0.15, 0.2) is 58.3 Å². The summed E-state index contributed by atoms with van der Waals surface area (Å²) < 4.78 is 0. The van der Waals surface area contributed by atoms with Crippen molar-refractivity contribution < 1.29 is 9.69 Å². The molecule has 0 saturated carbocycles. The Labute approximate surface area is 134 Å². The first-order valence-electron chi connectivity index (χ1n) is 7.85. The van der Waals surface area contributed by atoms with E-state index in [0.717, 1.165) is 34.3 Å². The van der Waals surface area contributed by atoms with E-state index in [2.05, 4.69) is 24.3 Å². The topological polar surface area (TPSA) is 24.8 Å². The first-order valence-corrected chi connectivity index (χ1v) is 8.67. The molecule has 0 spiro atoms. The third-order valence-corrected chi connectivity index (χ3v) is 5.52. The Morgan fingerprint density at radius 3 is 2.09 bits per heavy atom. The molecule has 1 N–H and O–H groups in total. The number of nitrogens with one attached hydrogen (secondary N) is 1. The minimum Gasteiger partial charge on any atom is -0.327 e. The molecule has 1 amide bonds. The number of hydrogen-bond acceptors (Lipinski definition) is 2. The Morgan fingerprint density at radius 1 is 0.955 bits per heavy atom. The lowest BCUT2D eigenvalue weighted by Gasteiger charge is -2.31. The average Bonchev–Trinajstić information content (AvgIpc) is 3.05. The SMILES string of the molecule is O=C(C[NH+]1CCCC1)N1c2ccccc2Sc2ccccc21. The molecule has 0 bridgehead atoms. The maximum Gasteiger partial charge on any atom is 0.286 e. The first-order chi connectivity index (χ1) is 10.8. The lowest BCUT2D eigenvalue weighted by molar-refractivity contribution is -0.878. The maximum atomic E-state index is 13.0. The lowest BCUT2D eigenvalue weighted by Crippen LogP contribution is -3.11. The Hall–Kier alpha value is -1.78. The number of carbonyl (C=O) groups excluding carboxylic acids is 1. The van der Waals surface area contributed by atoms with Crippen LogP contribution in [0.4, 0.5) is 11.4 Å². The molecule has 4 rings (SSSR count). The van der Waals surface area contributed by atoms with Crippen molar-refractivity contribution in [3.8, 4) is 0 Å². The summed E-state index contributed by atoms with van der Waals surface area (Å²) in [6, 6.07) is 16.4. The number of para-hydroxylation sites is 2. The molecule has 2 aliphatic heterocycles. The van der Waals surface area contributed by atoms with E-state index in [-0.39, 0.29) is 5.91 Å². The molecule has 0 aromatic heterocycles. The molecule has 22 heavy (non-hydrogen) atoms. The molecule has 2 aromatic rings. The highest BCUT2D eigenvalue weighted by Crippen LogP contribution is 2.47. The van der Waals surface area contributed by atoms with Crippen molar-refractivity contribution in [3.63, 3.8) is 0 Å². The van der Waals surface area contributed by atoms with Gasteiger partial charge in [-0.2, -0.15) is 0 Å². The maximum absolute atomic E-state index is 13.0. The van der Waals surface area contributed by atoms with Gasteiger partial charge in [-0.25, -0.2) is 0 Å². The summed E-state index contributed by atoms with van der Waals surface area (Å²) in [6.45, 7) is 2.84. The van der Waals surface area contributed by atoms with Gasteiger partial charge in [-0.3, -0.25) is 9.69 Å². The van der Waals surface area contributed by atoms with Gasteiger partial charge >= 0.3 is 0 Å². The number of fused-ring (bicyclic) bond motifs is 2. The van der Waals surface area contributed by atoms with Crippen LogP contribution < -0.4 is 9.80 Å². The fourth-order valence-corrected chi connectivity index (χ4v) is 4.38. The van der Waals surface area contributed by atoms with Crippen molar-refractivity contribution in [2.75, 3.05) is 24.5 Å². The summed E-state index contributed by atoms with van der Waals surface area (Å²) in [7, 11) is 0. The summed E-state index contributed by atoms with van der Waals surface area (Å²) in [5, 5.41) is 0. The van der Waals surface area contributed by atoms with Crippen LogP contribution in [0.3, 0.4) is 0 Å². The van der Waals surface area contributed by atoms with Crippen molar-refractivity contribution in [1.82, 2.24) is 0 Å². The number of nitrogens with zero attached hydrogens (tertiary/aromatic N) is 1. The van der Waals surface area contributed by atoms with Crippen molar-refractivity contribution in [2.45, 2.75) is 22.6 Å². The fourth-order valence-electron chi connectivity index (χ4n) is 3.32. The minimum absolute atomic E-state index is 0.206. The predicted octanol–water partition coefficient (Wildman–Crippen LogP) is 2.49. The molecule has 2 heterocycles. The first kappa shape index (κ1) is 13.9. The Bertz CT molecular complexity index is 664. The van der Waals surface area contributed by atoms with Gasteiger partial charge in [0.1, 0.15) is 0 Å². The highest BCUT2D eigenvalue weighted by atomic mass is 32.2. The van der Waals surface area contributed by atoms with E-state index in [9.17, 15) is 4.79 Å². The van der Waals surface area contributed by atoms with E-state index in [1.54, 1.807) is 11.8 Å². The molecule has 0 unspecified atom stereocenters. The number of carbonyl (C=O) groups is 1. The number of rotatable bonds is 2. The van der Waals surface area contributed by atoms with Crippen molar-refractivity contribution >= 4 is 29.0 Å². The quantitative estimate of drug-likeness (QED) is 0.922. The van der Waals surface area contributed by atoms with Gasteiger partial charge in [0.25, 0.3) is 5.91 Å². The normalized spacial score (nSPS) is 17.2. The standard InChI is InChI=1S/C18H18N2OS/c21-18(13-19-11-5-6-12-19)20-14-7-1-3-9-16(14)22-17-10-4-2-8-15(17)20/h1-4,7-10H,5-6,11-13H2/p+1. The number of benzene rings is 2. The molecule has 1 fully saturated rings. The smallest absolute Gasteiger partial charge is 0.286 e. The fraction of sp³-hybridized carbons (Fsp3) is 0.278. The van der Waals surface area contributed by atoms with Gasteiger partial charge in [-0.1, -0.05) is 36.0 Å². The minimum atomic E-state index is 0.206. The Balaban J connectivity index is 1.72. The van der Waals surface area contributed by atoms with Gasteiger partial charge in [-0.15, -0.1) is 0 Å². The van der Waals surface area contributed by atoms with Gasteiger partial charge in [0.15, 0.2) is 6.54 Å². The summed E-state index contributed by atoms with van der Waals surface area (Å²) >= 11 is 1.75. The van der Waals surface area contributed by atoms with Crippen LogP contribution in [0.2, 0.25) is 0 Å². The molecule has 0 aliphatic carbocycles. The monoisotopic (exact) mass is 311 g/mol. The zero-order valence-electron chi connectivity index (χ0n) is 12.4. The van der Waals surface area contributed by atoms with Gasteiger partial charge in [-0.05, 0) is 24.3 Å². The second-order valence-corrected chi connectivity index (χ2v) is 6.98. The molecule has 0 atom stereocenters. The third-order valence-electron chi connectivity index (χ3n) is 4.39. The lowest BCUT2D eigenvalue weighted by atomic mass is 10.2. The highest BCUT2D eigenvalue weighted by Gasteiger charge is 2.30. The van der Waals surface area contributed by atoms with Crippen LogP contribution in [-0.2, 0) is 4.79 Å². The van der Waals surface area contributed by atoms with Crippen molar-refractivity contribution in [2.24, 2.45) is 0 Å². The summed E-state index contributed by atoms with van der Waals surface area (Å²) in [5.41, 5.74) is 2.05. The van der Waals surface area contributed by atoms with Crippen LogP contribution in [0.1, 0.15) is 12.8 Å². The molecule has 4 heteroatoms. The van der Waals surface area contributed by atoms with E-state index in [4.69, 9.17) is 0 Å². The largest absolute Gasteiger partial charge is 0.327 e. The number of amides is 1. The second kappa shape index (κ2) is 5.78. The Kier molecular flexibility index (Phi) is 3.64. The predicted molar refractivity (Wildman–Crippen MR) is 89.0 cm³/mol. The average molecular weight is 311 g/mol. The molecule has 3 nitrogen and oxygen atoms in total. The molecular weight excluding hydrogens is 292 g/mol. The van der Waals surface area contributed by atoms with E-state index in [1.165, 1.54) is 17.7 Å². The van der Waals surface area contributed by atoms with Crippen LogP contribution in [0, 0.1) is 0 Å². The van der Waals surface area contributed by atoms with Crippen LogP contribution in [-0.4, -0.2) is 25.5 Å².